The molecule has 1 aromatic rings. The fraction of sp³-hybridized carbons (Fsp3) is 0.571. The zero-order valence-corrected chi connectivity index (χ0v) is 8.21. The highest BCUT2D eigenvalue weighted by Crippen LogP contribution is 2.18. The van der Waals surface area contributed by atoms with E-state index in [9.17, 15) is 4.79 Å². The van der Waals surface area contributed by atoms with E-state index in [0.29, 0.717) is 11.6 Å². The summed E-state index contributed by atoms with van der Waals surface area (Å²) in [5.41, 5.74) is 1.54. The number of aromatic nitrogens is 2. The van der Waals surface area contributed by atoms with Gasteiger partial charge in [0.1, 0.15) is 5.51 Å². The molecule has 1 atom stereocenters. The van der Waals surface area contributed by atoms with Crippen LogP contribution in [0.15, 0.2) is 5.51 Å². The van der Waals surface area contributed by atoms with Crippen LogP contribution in [0.3, 0.4) is 0 Å². The van der Waals surface area contributed by atoms with Crippen LogP contribution in [-0.2, 0) is 14.3 Å². The maximum absolute atomic E-state index is 11.3. The van der Waals surface area contributed by atoms with Gasteiger partial charge in [-0.2, -0.15) is 0 Å². The number of rotatable bonds is 4. The maximum Gasteiger partial charge on any atom is 0.342 e. The van der Waals surface area contributed by atoms with E-state index in [1.165, 1.54) is 18.4 Å². The Bertz CT molecular complexity index is 263. The Labute approximate surface area is 79.7 Å². The molecule has 0 aliphatic rings. The summed E-state index contributed by atoms with van der Waals surface area (Å²) in [4.78, 5) is 11.3. The van der Waals surface area contributed by atoms with Gasteiger partial charge in [0.05, 0.1) is 6.61 Å². The number of methoxy groups -OCH3 is 1. The number of nitrogens with zero attached hydrogens (tertiary/aromatic N) is 2. The van der Waals surface area contributed by atoms with Crippen LogP contribution in [0.5, 0.6) is 0 Å². The summed E-state index contributed by atoms with van der Waals surface area (Å²) in [7, 11) is 1.43. The van der Waals surface area contributed by atoms with Crippen molar-refractivity contribution in [3.05, 3.63) is 10.5 Å². The number of carbonyl (C=O) groups is 1. The predicted molar refractivity (Wildman–Crippen MR) is 46.3 cm³/mol. The zero-order chi connectivity index (χ0) is 9.68. The highest BCUT2D eigenvalue weighted by atomic mass is 32.1. The minimum Gasteiger partial charge on any atom is -0.464 e. The van der Waals surface area contributed by atoms with Crippen molar-refractivity contribution in [2.45, 2.75) is 13.0 Å². The molecule has 0 aliphatic carbocycles. The van der Waals surface area contributed by atoms with Crippen molar-refractivity contribution in [3.63, 3.8) is 0 Å². The molecular formula is C7H10N2O3S. The minimum atomic E-state index is -0.743. The Morgan fingerprint density at radius 3 is 3.00 bits per heavy atom. The Morgan fingerprint density at radius 2 is 2.54 bits per heavy atom. The smallest absolute Gasteiger partial charge is 0.342 e. The van der Waals surface area contributed by atoms with Crippen molar-refractivity contribution >= 4 is 17.3 Å². The summed E-state index contributed by atoms with van der Waals surface area (Å²) < 4.78 is 9.74. The highest BCUT2D eigenvalue weighted by molar-refractivity contribution is 7.09. The molecule has 0 aliphatic heterocycles. The van der Waals surface area contributed by atoms with Crippen LogP contribution in [0.4, 0.5) is 0 Å². The van der Waals surface area contributed by atoms with Crippen LogP contribution in [-0.4, -0.2) is 29.9 Å². The second-order valence-corrected chi connectivity index (χ2v) is 3.01. The van der Waals surface area contributed by atoms with E-state index in [2.05, 4.69) is 10.2 Å². The molecule has 0 N–H and O–H groups in total. The first-order chi connectivity index (χ1) is 6.29. The molecular weight excluding hydrogens is 192 g/mol. The van der Waals surface area contributed by atoms with Gasteiger partial charge < -0.3 is 9.47 Å². The largest absolute Gasteiger partial charge is 0.464 e. The quantitative estimate of drug-likeness (QED) is 0.675. The van der Waals surface area contributed by atoms with Gasteiger partial charge in [0.15, 0.2) is 5.01 Å². The Balaban J connectivity index is 2.68. The second-order valence-electron chi connectivity index (χ2n) is 2.14. The van der Waals surface area contributed by atoms with Crippen molar-refractivity contribution in [1.29, 1.82) is 0 Å². The Hall–Kier alpha value is -1.01. The van der Waals surface area contributed by atoms with Gasteiger partial charge in [0.25, 0.3) is 0 Å². The molecule has 1 aromatic heterocycles. The van der Waals surface area contributed by atoms with Gasteiger partial charge >= 0.3 is 5.97 Å². The fourth-order valence-corrected chi connectivity index (χ4v) is 1.42. The third kappa shape index (κ3) is 2.46. The summed E-state index contributed by atoms with van der Waals surface area (Å²) in [6.45, 7) is 2.07. The standard InChI is InChI=1S/C7H10N2O3S/c1-3-12-7(10)5(11-2)6-9-8-4-13-6/h4-5H,3H2,1-2H3. The van der Waals surface area contributed by atoms with Gasteiger partial charge in [-0.15, -0.1) is 21.5 Å². The molecule has 6 heteroatoms. The number of esters is 1. The number of hydrogen-bond acceptors (Lipinski definition) is 6. The average molecular weight is 202 g/mol. The molecule has 5 nitrogen and oxygen atoms in total. The van der Waals surface area contributed by atoms with Crippen molar-refractivity contribution in [2.75, 3.05) is 13.7 Å². The molecule has 0 spiro atoms. The molecule has 0 aromatic carbocycles. The highest BCUT2D eigenvalue weighted by Gasteiger charge is 2.24. The molecule has 1 rings (SSSR count). The fourth-order valence-electron chi connectivity index (χ4n) is 0.812. The van der Waals surface area contributed by atoms with Crippen LogP contribution in [0.1, 0.15) is 18.0 Å². The minimum absolute atomic E-state index is 0.331. The lowest BCUT2D eigenvalue weighted by atomic mass is 10.4. The SMILES string of the molecule is CCOC(=O)C(OC)c1nncs1. The molecule has 0 radical (unpaired) electrons. The first-order valence-electron chi connectivity index (χ1n) is 3.75. The lowest BCUT2D eigenvalue weighted by molar-refractivity contribution is -0.155. The van der Waals surface area contributed by atoms with Gasteiger partial charge in [-0.3, -0.25) is 0 Å². The molecule has 0 amide bonds. The molecule has 1 heterocycles. The Kier molecular flexibility index (Phi) is 3.78. The van der Waals surface area contributed by atoms with E-state index in [-0.39, 0.29) is 0 Å². The first kappa shape index (κ1) is 10.1. The second kappa shape index (κ2) is 4.88. The number of hydrogen-bond donors (Lipinski definition) is 0. The summed E-state index contributed by atoms with van der Waals surface area (Å²) >= 11 is 1.26. The van der Waals surface area contributed by atoms with E-state index in [1.54, 1.807) is 12.4 Å². The van der Waals surface area contributed by atoms with Gasteiger partial charge in [0, 0.05) is 7.11 Å². The van der Waals surface area contributed by atoms with Crippen LogP contribution in [0, 0.1) is 0 Å². The van der Waals surface area contributed by atoms with Gasteiger partial charge in [0.2, 0.25) is 6.10 Å². The van der Waals surface area contributed by atoms with E-state index >= 15 is 0 Å². The zero-order valence-electron chi connectivity index (χ0n) is 7.39. The molecule has 0 fully saturated rings. The third-order valence-electron chi connectivity index (χ3n) is 1.34. The summed E-state index contributed by atoms with van der Waals surface area (Å²) in [6.07, 6.45) is -0.743. The first-order valence-corrected chi connectivity index (χ1v) is 4.63. The Morgan fingerprint density at radius 1 is 1.77 bits per heavy atom. The van der Waals surface area contributed by atoms with E-state index in [1.807, 2.05) is 0 Å². The predicted octanol–water partition coefficient (Wildman–Crippen LogP) is 0.789. The van der Waals surface area contributed by atoms with E-state index in [4.69, 9.17) is 9.47 Å². The molecule has 0 saturated carbocycles. The van der Waals surface area contributed by atoms with E-state index < -0.39 is 12.1 Å². The molecule has 0 saturated heterocycles. The molecule has 0 bridgehead atoms. The van der Waals surface area contributed by atoms with Crippen molar-refractivity contribution in [2.24, 2.45) is 0 Å². The summed E-state index contributed by atoms with van der Waals surface area (Å²) in [6, 6.07) is 0. The number of ether oxygens (including phenoxy) is 2. The molecule has 13 heavy (non-hydrogen) atoms. The van der Waals surface area contributed by atoms with E-state index in [0.717, 1.165) is 0 Å². The lowest BCUT2D eigenvalue weighted by Gasteiger charge is -2.09. The van der Waals surface area contributed by atoms with Gasteiger partial charge in [-0.05, 0) is 6.92 Å². The van der Waals surface area contributed by atoms with Crippen molar-refractivity contribution in [3.8, 4) is 0 Å². The van der Waals surface area contributed by atoms with Crippen molar-refractivity contribution < 1.29 is 14.3 Å². The molecule has 72 valence electrons. The monoisotopic (exact) mass is 202 g/mol. The van der Waals surface area contributed by atoms with Crippen LogP contribution >= 0.6 is 11.3 Å². The van der Waals surface area contributed by atoms with Gasteiger partial charge in [-0.1, -0.05) is 0 Å². The van der Waals surface area contributed by atoms with Crippen molar-refractivity contribution in [1.82, 2.24) is 10.2 Å². The average Bonchev–Trinajstić information content (AvgIpc) is 2.59. The van der Waals surface area contributed by atoms with Gasteiger partial charge in [-0.25, -0.2) is 4.79 Å². The summed E-state index contributed by atoms with van der Waals surface area (Å²) in [5.74, 6) is -0.429. The normalized spacial score (nSPS) is 12.5. The third-order valence-corrected chi connectivity index (χ3v) is 2.07. The maximum atomic E-state index is 11.3. The summed E-state index contributed by atoms with van der Waals surface area (Å²) in [5, 5.41) is 7.86. The number of carbonyl (C=O) groups excluding carboxylic acids is 1. The molecule has 1 unspecified atom stereocenters. The van der Waals surface area contributed by atoms with Crippen LogP contribution in [0.25, 0.3) is 0 Å². The lowest BCUT2D eigenvalue weighted by Crippen LogP contribution is -2.17. The topological polar surface area (TPSA) is 61.3 Å². The van der Waals surface area contributed by atoms with Crippen LogP contribution in [0.2, 0.25) is 0 Å². The van der Waals surface area contributed by atoms with Crippen LogP contribution < -0.4 is 0 Å².